The van der Waals surface area contributed by atoms with Crippen LogP contribution < -0.4 is 10.5 Å². The number of nitriles is 1. The van der Waals surface area contributed by atoms with Crippen molar-refractivity contribution in [1.82, 2.24) is 15.2 Å². The van der Waals surface area contributed by atoms with Crippen LogP contribution in [-0.2, 0) is 0 Å². The second-order valence-electron chi connectivity index (χ2n) is 4.97. The molecule has 0 aliphatic heterocycles. The Morgan fingerprint density at radius 1 is 1.39 bits per heavy atom. The summed E-state index contributed by atoms with van der Waals surface area (Å²) in [6.45, 7) is 0.439. The first-order valence-corrected chi connectivity index (χ1v) is 7.45. The van der Waals surface area contributed by atoms with E-state index in [-0.39, 0.29) is 6.10 Å². The molecule has 23 heavy (non-hydrogen) atoms. The van der Waals surface area contributed by atoms with Crippen molar-refractivity contribution in [1.29, 1.82) is 5.26 Å². The van der Waals surface area contributed by atoms with Crippen LogP contribution in [0.2, 0.25) is 5.02 Å². The average molecular weight is 328 g/mol. The van der Waals surface area contributed by atoms with E-state index in [0.29, 0.717) is 34.9 Å². The zero-order chi connectivity index (χ0) is 16.2. The van der Waals surface area contributed by atoms with Crippen LogP contribution in [-0.4, -0.2) is 21.7 Å². The van der Waals surface area contributed by atoms with E-state index in [0.717, 1.165) is 10.9 Å². The molecule has 0 aliphatic carbocycles. The minimum Gasteiger partial charge on any atom is -0.484 e. The van der Waals surface area contributed by atoms with Crippen LogP contribution in [0.3, 0.4) is 0 Å². The summed E-state index contributed by atoms with van der Waals surface area (Å²) in [4.78, 5) is 4.22. The first-order chi connectivity index (χ1) is 11.2. The van der Waals surface area contributed by atoms with Crippen molar-refractivity contribution >= 4 is 22.6 Å². The largest absolute Gasteiger partial charge is 0.484 e. The maximum absolute atomic E-state index is 9.24. The number of ether oxygens (including phenoxy) is 1. The van der Waals surface area contributed by atoms with Gasteiger partial charge in [-0.25, -0.2) is 4.98 Å². The third kappa shape index (κ3) is 3.11. The highest BCUT2D eigenvalue weighted by Gasteiger charge is 2.19. The number of hydrogen-bond donors (Lipinski definition) is 2. The van der Waals surface area contributed by atoms with E-state index in [1.165, 1.54) is 0 Å². The Bertz CT molecular complexity index is 870. The number of nitrogens with one attached hydrogen (secondary N) is 1. The Labute approximate surface area is 137 Å². The Balaban J connectivity index is 2.02. The van der Waals surface area contributed by atoms with Gasteiger partial charge < -0.3 is 10.5 Å². The third-order valence-corrected chi connectivity index (χ3v) is 3.73. The molecule has 6 nitrogen and oxygen atoms in total. The van der Waals surface area contributed by atoms with Crippen molar-refractivity contribution in [2.24, 2.45) is 5.73 Å². The number of rotatable bonds is 5. The van der Waals surface area contributed by atoms with Gasteiger partial charge in [0.1, 0.15) is 17.9 Å². The molecular weight excluding hydrogens is 314 g/mol. The van der Waals surface area contributed by atoms with Gasteiger partial charge in [-0.15, -0.1) is 0 Å². The zero-order valence-electron chi connectivity index (χ0n) is 12.2. The molecule has 116 valence electrons. The van der Waals surface area contributed by atoms with E-state index in [1.54, 1.807) is 30.6 Å². The SMILES string of the molecule is N#Cc1ccc(Cl)cc1OC(CCN)c1ccnc2[nH]ncc12. The fraction of sp³-hybridized carbons (Fsp3) is 0.188. The summed E-state index contributed by atoms with van der Waals surface area (Å²) in [5.41, 5.74) is 7.75. The number of fused-ring (bicyclic) bond motifs is 1. The molecule has 0 aliphatic rings. The first kappa shape index (κ1) is 15.3. The summed E-state index contributed by atoms with van der Waals surface area (Å²) in [5.74, 6) is 0.437. The Morgan fingerprint density at radius 3 is 3.04 bits per heavy atom. The molecule has 3 rings (SSSR count). The van der Waals surface area contributed by atoms with Crippen LogP contribution in [0.25, 0.3) is 11.0 Å². The third-order valence-electron chi connectivity index (χ3n) is 3.50. The van der Waals surface area contributed by atoms with Crippen LogP contribution in [0.5, 0.6) is 5.75 Å². The number of aromatic nitrogens is 3. The van der Waals surface area contributed by atoms with Crippen LogP contribution in [0, 0.1) is 11.3 Å². The molecule has 3 N–H and O–H groups in total. The van der Waals surface area contributed by atoms with Gasteiger partial charge in [0.25, 0.3) is 0 Å². The lowest BCUT2D eigenvalue weighted by Crippen LogP contribution is -2.14. The zero-order valence-corrected chi connectivity index (χ0v) is 12.9. The van der Waals surface area contributed by atoms with Crippen molar-refractivity contribution in [3.8, 4) is 11.8 Å². The summed E-state index contributed by atoms with van der Waals surface area (Å²) >= 11 is 6.02. The summed E-state index contributed by atoms with van der Waals surface area (Å²) in [7, 11) is 0. The molecule has 0 spiro atoms. The summed E-state index contributed by atoms with van der Waals surface area (Å²) in [5, 5.41) is 17.5. The molecular formula is C16H14ClN5O. The second-order valence-corrected chi connectivity index (χ2v) is 5.41. The molecule has 1 aromatic carbocycles. The van der Waals surface area contributed by atoms with E-state index >= 15 is 0 Å². The van der Waals surface area contributed by atoms with Crippen molar-refractivity contribution in [3.63, 3.8) is 0 Å². The van der Waals surface area contributed by atoms with Gasteiger partial charge in [-0.1, -0.05) is 11.6 Å². The molecule has 0 saturated carbocycles. The fourth-order valence-electron chi connectivity index (χ4n) is 2.42. The second kappa shape index (κ2) is 6.65. The molecule has 0 bridgehead atoms. The van der Waals surface area contributed by atoms with Gasteiger partial charge in [-0.2, -0.15) is 10.4 Å². The van der Waals surface area contributed by atoms with E-state index in [4.69, 9.17) is 22.1 Å². The number of nitrogens with two attached hydrogens (primary N) is 1. The van der Waals surface area contributed by atoms with Crippen LogP contribution >= 0.6 is 11.6 Å². The molecule has 1 atom stereocenters. The minimum absolute atomic E-state index is 0.325. The van der Waals surface area contributed by atoms with Gasteiger partial charge in [-0.3, -0.25) is 5.10 Å². The highest BCUT2D eigenvalue weighted by molar-refractivity contribution is 6.30. The fourth-order valence-corrected chi connectivity index (χ4v) is 2.58. The van der Waals surface area contributed by atoms with E-state index in [1.807, 2.05) is 6.07 Å². The van der Waals surface area contributed by atoms with Crippen molar-refractivity contribution < 1.29 is 4.74 Å². The molecule has 2 aromatic heterocycles. The van der Waals surface area contributed by atoms with Gasteiger partial charge >= 0.3 is 0 Å². The highest BCUT2D eigenvalue weighted by Crippen LogP contribution is 2.31. The van der Waals surface area contributed by atoms with Crippen LogP contribution in [0.1, 0.15) is 23.7 Å². The Morgan fingerprint density at radius 2 is 2.26 bits per heavy atom. The predicted octanol–water partition coefficient (Wildman–Crippen LogP) is 2.95. The smallest absolute Gasteiger partial charge is 0.155 e. The van der Waals surface area contributed by atoms with Gasteiger partial charge in [0.05, 0.1) is 11.8 Å². The monoisotopic (exact) mass is 327 g/mol. The number of nitrogens with zero attached hydrogens (tertiary/aromatic N) is 3. The van der Waals surface area contributed by atoms with Crippen molar-refractivity contribution in [3.05, 3.63) is 52.8 Å². The maximum Gasteiger partial charge on any atom is 0.155 e. The molecule has 0 amide bonds. The minimum atomic E-state index is -0.325. The molecule has 0 saturated heterocycles. The quantitative estimate of drug-likeness (QED) is 0.750. The van der Waals surface area contributed by atoms with Gasteiger partial charge in [-0.05, 0) is 24.7 Å². The number of pyridine rings is 1. The van der Waals surface area contributed by atoms with E-state index in [9.17, 15) is 5.26 Å². The summed E-state index contributed by atoms with van der Waals surface area (Å²) in [6.07, 6.45) is 3.65. The Kier molecular flexibility index (Phi) is 4.42. The number of halogens is 1. The van der Waals surface area contributed by atoms with Gasteiger partial charge in [0.15, 0.2) is 5.65 Å². The topological polar surface area (TPSA) is 101 Å². The number of hydrogen-bond acceptors (Lipinski definition) is 5. The van der Waals surface area contributed by atoms with Crippen molar-refractivity contribution in [2.45, 2.75) is 12.5 Å². The summed E-state index contributed by atoms with van der Waals surface area (Å²) in [6, 6.07) is 8.91. The number of H-pyrrole nitrogens is 1. The normalized spacial score (nSPS) is 12.0. The highest BCUT2D eigenvalue weighted by atomic mass is 35.5. The first-order valence-electron chi connectivity index (χ1n) is 7.07. The molecule has 1 unspecified atom stereocenters. The van der Waals surface area contributed by atoms with Gasteiger partial charge in [0, 0.05) is 34.7 Å². The lowest BCUT2D eigenvalue weighted by atomic mass is 10.0. The molecule has 0 fully saturated rings. The molecule has 2 heterocycles. The van der Waals surface area contributed by atoms with E-state index < -0.39 is 0 Å². The van der Waals surface area contributed by atoms with Crippen molar-refractivity contribution in [2.75, 3.05) is 6.54 Å². The average Bonchev–Trinajstić information content (AvgIpc) is 3.03. The standard InChI is InChI=1S/C16H14ClN5O/c17-11-2-1-10(8-19)15(7-11)23-14(3-5-18)12-4-6-20-16-13(12)9-21-22-16/h1-2,4,6-7,9,14H,3,5,18H2,(H,20,21,22). The number of aromatic amines is 1. The number of benzene rings is 1. The predicted molar refractivity (Wildman–Crippen MR) is 87.1 cm³/mol. The Hall–Kier alpha value is -2.62. The molecule has 7 heteroatoms. The summed E-state index contributed by atoms with van der Waals surface area (Å²) < 4.78 is 6.06. The van der Waals surface area contributed by atoms with Crippen LogP contribution in [0.15, 0.2) is 36.7 Å². The molecule has 3 aromatic rings. The molecule has 0 radical (unpaired) electrons. The van der Waals surface area contributed by atoms with Crippen LogP contribution in [0.4, 0.5) is 0 Å². The van der Waals surface area contributed by atoms with E-state index in [2.05, 4.69) is 21.3 Å². The maximum atomic E-state index is 9.24. The van der Waals surface area contributed by atoms with Gasteiger partial charge in [0.2, 0.25) is 0 Å². The lowest BCUT2D eigenvalue weighted by molar-refractivity contribution is 0.198. The lowest BCUT2D eigenvalue weighted by Gasteiger charge is -2.20.